The number of hydrogen-bond donors (Lipinski definition) is 0. The molecule has 82 valence electrons. The van der Waals surface area contributed by atoms with Crippen LogP contribution in [0.3, 0.4) is 0 Å². The summed E-state index contributed by atoms with van der Waals surface area (Å²) in [6, 6.07) is 5.96. The van der Waals surface area contributed by atoms with Crippen molar-refractivity contribution < 1.29 is 14.2 Å². The zero-order valence-corrected chi connectivity index (χ0v) is 9.16. The number of ether oxygens (including phenoxy) is 3. The fourth-order valence-corrected chi connectivity index (χ4v) is 1.89. The van der Waals surface area contributed by atoms with Crippen molar-refractivity contribution in [1.29, 1.82) is 0 Å². The van der Waals surface area contributed by atoms with E-state index in [1.165, 1.54) is 5.56 Å². The first-order valence-corrected chi connectivity index (χ1v) is 5.18. The quantitative estimate of drug-likeness (QED) is 0.764. The normalized spacial score (nSPS) is 20.3. The van der Waals surface area contributed by atoms with Gasteiger partial charge < -0.3 is 14.2 Å². The second kappa shape index (κ2) is 4.53. The molecule has 0 N–H and O–H groups in total. The summed E-state index contributed by atoms with van der Waals surface area (Å²) in [6.45, 7) is 0.860. The molecule has 1 aromatic rings. The van der Waals surface area contributed by atoms with Crippen LogP contribution in [0.4, 0.5) is 0 Å². The Bertz CT molecular complexity index is 330. The van der Waals surface area contributed by atoms with Crippen LogP contribution in [0.1, 0.15) is 24.5 Å². The molecule has 15 heavy (non-hydrogen) atoms. The molecule has 1 aliphatic heterocycles. The summed E-state index contributed by atoms with van der Waals surface area (Å²) in [5.41, 5.74) is 1.17. The van der Waals surface area contributed by atoms with Gasteiger partial charge in [0.25, 0.3) is 0 Å². The van der Waals surface area contributed by atoms with Crippen LogP contribution < -0.4 is 9.47 Å². The Hall–Kier alpha value is -1.22. The minimum Gasteiger partial charge on any atom is -0.493 e. The molecule has 1 unspecified atom stereocenters. The molecule has 1 saturated heterocycles. The van der Waals surface area contributed by atoms with Crippen LogP contribution in [-0.4, -0.2) is 20.8 Å². The van der Waals surface area contributed by atoms with Crippen LogP contribution in [0.25, 0.3) is 0 Å². The molecule has 1 aromatic carbocycles. The largest absolute Gasteiger partial charge is 0.493 e. The van der Waals surface area contributed by atoms with E-state index in [9.17, 15) is 0 Å². The van der Waals surface area contributed by atoms with Crippen LogP contribution in [0.2, 0.25) is 0 Å². The first-order valence-electron chi connectivity index (χ1n) is 5.18. The molecule has 0 bridgehead atoms. The maximum absolute atomic E-state index is 5.62. The smallest absolute Gasteiger partial charge is 0.161 e. The van der Waals surface area contributed by atoms with Crippen LogP contribution in [-0.2, 0) is 4.74 Å². The van der Waals surface area contributed by atoms with E-state index in [-0.39, 0.29) is 6.10 Å². The third kappa shape index (κ3) is 2.07. The van der Waals surface area contributed by atoms with Crippen LogP contribution in [0, 0.1) is 0 Å². The van der Waals surface area contributed by atoms with E-state index in [1.807, 2.05) is 18.2 Å². The van der Waals surface area contributed by atoms with E-state index in [1.54, 1.807) is 14.2 Å². The minimum absolute atomic E-state index is 0.227. The molecular weight excluding hydrogens is 192 g/mol. The lowest BCUT2D eigenvalue weighted by Gasteiger charge is -2.13. The van der Waals surface area contributed by atoms with Gasteiger partial charge in [0, 0.05) is 6.61 Å². The number of methoxy groups -OCH3 is 2. The van der Waals surface area contributed by atoms with Gasteiger partial charge in [-0.1, -0.05) is 6.07 Å². The highest BCUT2D eigenvalue weighted by atomic mass is 16.5. The van der Waals surface area contributed by atoms with Crippen molar-refractivity contribution >= 4 is 0 Å². The topological polar surface area (TPSA) is 27.7 Å². The Morgan fingerprint density at radius 2 is 2.00 bits per heavy atom. The lowest BCUT2D eigenvalue weighted by Crippen LogP contribution is -1.97. The number of benzene rings is 1. The van der Waals surface area contributed by atoms with E-state index in [4.69, 9.17) is 14.2 Å². The van der Waals surface area contributed by atoms with E-state index in [0.29, 0.717) is 0 Å². The standard InChI is InChI=1S/C12H16O3/c1-13-11-6-5-9(8-12(11)14-2)10-4-3-7-15-10/h5-6,8,10H,3-4,7H2,1-2H3. The fourth-order valence-electron chi connectivity index (χ4n) is 1.89. The van der Waals surface area contributed by atoms with Gasteiger partial charge in [0.1, 0.15) is 0 Å². The predicted octanol–water partition coefficient (Wildman–Crippen LogP) is 2.56. The van der Waals surface area contributed by atoms with Gasteiger partial charge in [-0.15, -0.1) is 0 Å². The van der Waals surface area contributed by atoms with Crippen LogP contribution in [0.15, 0.2) is 18.2 Å². The van der Waals surface area contributed by atoms with Gasteiger partial charge in [0.05, 0.1) is 20.3 Å². The second-order valence-corrected chi connectivity index (χ2v) is 3.62. The Morgan fingerprint density at radius 3 is 2.60 bits per heavy atom. The Morgan fingerprint density at radius 1 is 1.20 bits per heavy atom. The Kier molecular flexibility index (Phi) is 3.11. The van der Waals surface area contributed by atoms with Crippen molar-refractivity contribution in [2.24, 2.45) is 0 Å². The fraction of sp³-hybridized carbons (Fsp3) is 0.500. The Balaban J connectivity index is 2.25. The molecule has 3 nitrogen and oxygen atoms in total. The lowest BCUT2D eigenvalue weighted by molar-refractivity contribution is 0.111. The highest BCUT2D eigenvalue weighted by molar-refractivity contribution is 5.43. The SMILES string of the molecule is COc1ccc(C2CCCO2)cc1OC. The molecular formula is C12H16O3. The molecule has 3 heteroatoms. The summed E-state index contributed by atoms with van der Waals surface area (Å²) in [5.74, 6) is 1.53. The molecule has 0 aliphatic carbocycles. The monoisotopic (exact) mass is 208 g/mol. The number of rotatable bonds is 3. The maximum Gasteiger partial charge on any atom is 0.161 e. The first kappa shape index (κ1) is 10.3. The molecule has 0 amide bonds. The van der Waals surface area contributed by atoms with E-state index in [0.717, 1.165) is 30.9 Å². The van der Waals surface area contributed by atoms with E-state index in [2.05, 4.69) is 0 Å². The van der Waals surface area contributed by atoms with Crippen molar-refractivity contribution in [2.45, 2.75) is 18.9 Å². The summed E-state index contributed by atoms with van der Waals surface area (Å²) in [4.78, 5) is 0. The van der Waals surface area contributed by atoms with Gasteiger partial charge in [-0.05, 0) is 30.5 Å². The molecule has 1 aliphatic rings. The van der Waals surface area contributed by atoms with Gasteiger partial charge in [-0.3, -0.25) is 0 Å². The minimum atomic E-state index is 0.227. The summed E-state index contributed by atoms with van der Waals surface area (Å²) in [5, 5.41) is 0. The molecule has 0 aromatic heterocycles. The van der Waals surface area contributed by atoms with Crippen molar-refractivity contribution in [1.82, 2.24) is 0 Å². The third-order valence-electron chi connectivity index (χ3n) is 2.71. The first-order chi connectivity index (χ1) is 7.35. The molecule has 1 fully saturated rings. The van der Waals surface area contributed by atoms with Gasteiger partial charge in [-0.25, -0.2) is 0 Å². The molecule has 0 radical (unpaired) electrons. The van der Waals surface area contributed by atoms with Gasteiger partial charge in [-0.2, -0.15) is 0 Å². The van der Waals surface area contributed by atoms with Gasteiger partial charge in [0.15, 0.2) is 11.5 Å². The van der Waals surface area contributed by atoms with Crippen molar-refractivity contribution in [3.8, 4) is 11.5 Å². The molecule has 2 rings (SSSR count). The van der Waals surface area contributed by atoms with Gasteiger partial charge >= 0.3 is 0 Å². The van der Waals surface area contributed by atoms with E-state index >= 15 is 0 Å². The lowest BCUT2D eigenvalue weighted by atomic mass is 10.1. The van der Waals surface area contributed by atoms with E-state index < -0.39 is 0 Å². The Labute approximate surface area is 90.0 Å². The number of hydrogen-bond acceptors (Lipinski definition) is 3. The summed E-state index contributed by atoms with van der Waals surface area (Å²) in [6.07, 6.45) is 2.46. The average molecular weight is 208 g/mol. The summed E-state index contributed by atoms with van der Waals surface area (Å²) in [7, 11) is 3.29. The predicted molar refractivity (Wildman–Crippen MR) is 57.5 cm³/mol. The molecule has 0 spiro atoms. The summed E-state index contributed by atoms with van der Waals surface area (Å²) >= 11 is 0. The highest BCUT2D eigenvalue weighted by Crippen LogP contribution is 2.34. The van der Waals surface area contributed by atoms with Crippen LogP contribution >= 0.6 is 0 Å². The third-order valence-corrected chi connectivity index (χ3v) is 2.71. The molecule has 1 atom stereocenters. The van der Waals surface area contributed by atoms with Gasteiger partial charge in [0.2, 0.25) is 0 Å². The second-order valence-electron chi connectivity index (χ2n) is 3.62. The average Bonchev–Trinajstić information content (AvgIpc) is 2.81. The van der Waals surface area contributed by atoms with Crippen molar-refractivity contribution in [3.05, 3.63) is 23.8 Å². The molecule has 0 saturated carbocycles. The maximum atomic E-state index is 5.62. The zero-order chi connectivity index (χ0) is 10.7. The molecule has 1 heterocycles. The summed E-state index contributed by atoms with van der Waals surface area (Å²) < 4.78 is 16.1. The van der Waals surface area contributed by atoms with Crippen molar-refractivity contribution in [3.63, 3.8) is 0 Å². The zero-order valence-electron chi connectivity index (χ0n) is 9.16. The van der Waals surface area contributed by atoms with Crippen LogP contribution in [0.5, 0.6) is 11.5 Å². The van der Waals surface area contributed by atoms with Crippen molar-refractivity contribution in [2.75, 3.05) is 20.8 Å². The highest BCUT2D eigenvalue weighted by Gasteiger charge is 2.19.